The van der Waals surface area contributed by atoms with Crippen LogP contribution in [0.5, 0.6) is 0 Å². The maximum Gasteiger partial charge on any atom is 0.278 e. The normalized spacial score (nSPS) is 13.6. The molecule has 2 unspecified atom stereocenters. The number of aromatic nitrogens is 4. The average Bonchev–Trinajstić information content (AvgIpc) is 3.12. The van der Waals surface area contributed by atoms with E-state index in [9.17, 15) is 15.0 Å². The van der Waals surface area contributed by atoms with E-state index in [-0.39, 0.29) is 24.1 Å². The molecule has 8 nitrogen and oxygen atoms in total. The van der Waals surface area contributed by atoms with Crippen LogP contribution in [0, 0.1) is 12.8 Å². The van der Waals surface area contributed by atoms with Crippen molar-refractivity contribution >= 4 is 0 Å². The van der Waals surface area contributed by atoms with Gasteiger partial charge >= 0.3 is 0 Å². The number of aryl methyl sites for hydroxylation is 2. The summed E-state index contributed by atoms with van der Waals surface area (Å²) in [4.78, 5) is 13.1. The molecule has 0 aliphatic rings. The number of nitrogens with one attached hydrogen (secondary N) is 1. The molecule has 2 atom stereocenters. The molecular weight excluding hydrogens is 370 g/mol. The first-order valence-corrected chi connectivity index (χ1v) is 9.55. The molecule has 0 saturated heterocycles. The van der Waals surface area contributed by atoms with E-state index in [4.69, 9.17) is 0 Å². The van der Waals surface area contributed by atoms with Crippen LogP contribution in [0.1, 0.15) is 31.2 Å². The molecule has 0 saturated carbocycles. The quantitative estimate of drug-likeness (QED) is 0.522. The van der Waals surface area contributed by atoms with E-state index in [2.05, 4.69) is 15.5 Å². The average molecular weight is 397 g/mol. The molecule has 3 aromatic rings. The van der Waals surface area contributed by atoms with Crippen molar-refractivity contribution in [2.24, 2.45) is 13.0 Å². The van der Waals surface area contributed by atoms with Crippen molar-refractivity contribution in [1.29, 1.82) is 0 Å². The maximum absolute atomic E-state index is 13.1. The minimum absolute atomic E-state index is 0.0774. The summed E-state index contributed by atoms with van der Waals surface area (Å²) in [5, 5.41) is 31.9. The number of aliphatic hydroxyl groups excluding tert-OH is 2. The van der Waals surface area contributed by atoms with Gasteiger partial charge in [0, 0.05) is 18.7 Å². The summed E-state index contributed by atoms with van der Waals surface area (Å²) in [6, 6.07) is 9.00. The molecule has 1 aromatic carbocycles. The number of aliphatic hydroxyl groups is 2. The van der Waals surface area contributed by atoms with E-state index in [0.717, 1.165) is 11.1 Å². The molecular formula is C21H27N5O3. The summed E-state index contributed by atoms with van der Waals surface area (Å²) in [7, 11) is 1.75. The van der Waals surface area contributed by atoms with Crippen LogP contribution in [-0.4, -0.2) is 42.4 Å². The third kappa shape index (κ3) is 4.61. The van der Waals surface area contributed by atoms with Gasteiger partial charge in [-0.2, -0.15) is 14.9 Å². The highest BCUT2D eigenvalue weighted by Gasteiger charge is 2.22. The second-order valence-electron chi connectivity index (χ2n) is 7.54. The Labute approximate surface area is 169 Å². The van der Waals surface area contributed by atoms with Crippen molar-refractivity contribution < 1.29 is 10.2 Å². The Hall–Kier alpha value is -2.81. The first-order valence-electron chi connectivity index (χ1n) is 9.55. The monoisotopic (exact) mass is 397 g/mol. The van der Waals surface area contributed by atoms with Gasteiger partial charge in [-0.05, 0) is 18.9 Å². The van der Waals surface area contributed by atoms with Gasteiger partial charge in [0.25, 0.3) is 5.56 Å². The predicted molar refractivity (Wildman–Crippen MR) is 111 cm³/mol. The third-order valence-corrected chi connectivity index (χ3v) is 4.89. The first kappa shape index (κ1) is 20.9. The molecule has 154 valence electrons. The minimum atomic E-state index is -1.25. The van der Waals surface area contributed by atoms with E-state index in [1.54, 1.807) is 30.2 Å². The van der Waals surface area contributed by atoms with Crippen LogP contribution in [0.4, 0.5) is 0 Å². The SMILES string of the molecule is Cc1ccc(-c2cc(C(O)NC(CO)C(C)C)c(=O)n(-c3cnn(C)c3)n2)cc1. The van der Waals surface area contributed by atoms with Gasteiger partial charge in [-0.25, -0.2) is 0 Å². The van der Waals surface area contributed by atoms with Gasteiger partial charge < -0.3 is 10.2 Å². The number of rotatable bonds is 7. The van der Waals surface area contributed by atoms with Crippen LogP contribution >= 0.6 is 0 Å². The Morgan fingerprint density at radius 2 is 1.90 bits per heavy atom. The van der Waals surface area contributed by atoms with Gasteiger partial charge in [-0.1, -0.05) is 43.7 Å². The molecule has 0 spiro atoms. The maximum atomic E-state index is 13.1. The summed E-state index contributed by atoms with van der Waals surface area (Å²) in [5.74, 6) is 0.0774. The van der Waals surface area contributed by atoms with Crippen LogP contribution in [-0.2, 0) is 7.05 Å². The van der Waals surface area contributed by atoms with Crippen molar-refractivity contribution in [3.63, 3.8) is 0 Å². The van der Waals surface area contributed by atoms with Crippen LogP contribution in [0.25, 0.3) is 16.9 Å². The highest BCUT2D eigenvalue weighted by molar-refractivity contribution is 5.60. The Balaban J connectivity index is 2.12. The molecule has 0 aliphatic carbocycles. The Bertz CT molecular complexity index is 1020. The molecule has 2 aromatic heterocycles. The number of benzene rings is 1. The summed E-state index contributed by atoms with van der Waals surface area (Å²) in [6.07, 6.45) is 1.97. The Kier molecular flexibility index (Phi) is 6.26. The minimum Gasteiger partial charge on any atom is -0.395 e. The van der Waals surface area contributed by atoms with E-state index >= 15 is 0 Å². The van der Waals surface area contributed by atoms with E-state index in [1.165, 1.54) is 4.68 Å². The number of nitrogens with zero attached hydrogens (tertiary/aromatic N) is 4. The molecule has 0 fully saturated rings. The highest BCUT2D eigenvalue weighted by atomic mass is 16.3. The Morgan fingerprint density at radius 3 is 2.45 bits per heavy atom. The summed E-state index contributed by atoms with van der Waals surface area (Å²) in [5.41, 5.74) is 2.69. The highest BCUT2D eigenvalue weighted by Crippen LogP contribution is 2.21. The zero-order valence-electron chi connectivity index (χ0n) is 17.1. The molecule has 3 N–H and O–H groups in total. The van der Waals surface area contributed by atoms with Crippen LogP contribution in [0.15, 0.2) is 47.5 Å². The number of hydrogen-bond acceptors (Lipinski definition) is 6. The lowest BCUT2D eigenvalue weighted by atomic mass is 10.0. The van der Waals surface area contributed by atoms with Gasteiger partial charge in [0.05, 0.1) is 30.3 Å². The summed E-state index contributed by atoms with van der Waals surface area (Å²) in [6.45, 7) is 5.70. The van der Waals surface area contributed by atoms with Gasteiger partial charge in [0.15, 0.2) is 0 Å². The Morgan fingerprint density at radius 1 is 1.21 bits per heavy atom. The zero-order valence-corrected chi connectivity index (χ0v) is 17.1. The molecule has 0 radical (unpaired) electrons. The van der Waals surface area contributed by atoms with E-state index < -0.39 is 11.8 Å². The molecule has 29 heavy (non-hydrogen) atoms. The van der Waals surface area contributed by atoms with Gasteiger partial charge in [-0.3, -0.25) is 14.8 Å². The zero-order chi connectivity index (χ0) is 21.1. The summed E-state index contributed by atoms with van der Waals surface area (Å²) >= 11 is 0. The second-order valence-corrected chi connectivity index (χ2v) is 7.54. The van der Waals surface area contributed by atoms with Gasteiger partial charge in [-0.15, -0.1) is 0 Å². The van der Waals surface area contributed by atoms with Crippen molar-refractivity contribution in [1.82, 2.24) is 24.9 Å². The van der Waals surface area contributed by atoms with Crippen LogP contribution in [0.3, 0.4) is 0 Å². The van der Waals surface area contributed by atoms with Gasteiger partial charge in [0.2, 0.25) is 0 Å². The van der Waals surface area contributed by atoms with Gasteiger partial charge in [0.1, 0.15) is 11.9 Å². The van der Waals surface area contributed by atoms with Crippen molar-refractivity contribution in [2.45, 2.75) is 33.0 Å². The third-order valence-electron chi connectivity index (χ3n) is 4.89. The molecule has 8 heteroatoms. The van der Waals surface area contributed by atoms with Crippen molar-refractivity contribution in [3.8, 4) is 16.9 Å². The van der Waals surface area contributed by atoms with E-state index in [0.29, 0.717) is 11.4 Å². The van der Waals surface area contributed by atoms with Crippen LogP contribution < -0.4 is 10.9 Å². The fraction of sp³-hybridized carbons (Fsp3) is 0.381. The lowest BCUT2D eigenvalue weighted by Gasteiger charge is -2.24. The fourth-order valence-electron chi connectivity index (χ4n) is 3.02. The van der Waals surface area contributed by atoms with E-state index in [1.807, 2.05) is 45.0 Å². The first-order chi connectivity index (χ1) is 13.8. The largest absolute Gasteiger partial charge is 0.395 e. The van der Waals surface area contributed by atoms with Crippen molar-refractivity contribution in [3.05, 3.63) is 64.2 Å². The standard InChI is InChI=1S/C21H27N5O3/c1-13(2)19(12-27)23-20(28)17-9-18(15-7-5-14(3)6-8-15)24-26(21(17)29)16-10-22-25(4)11-16/h5-11,13,19-20,23,27-28H,12H2,1-4H3. The lowest BCUT2D eigenvalue weighted by Crippen LogP contribution is -2.42. The molecule has 0 aliphatic heterocycles. The molecule has 2 heterocycles. The van der Waals surface area contributed by atoms with Crippen LogP contribution in [0.2, 0.25) is 0 Å². The van der Waals surface area contributed by atoms with Crippen molar-refractivity contribution in [2.75, 3.05) is 6.61 Å². The molecule has 0 bridgehead atoms. The smallest absolute Gasteiger partial charge is 0.278 e. The lowest BCUT2D eigenvalue weighted by molar-refractivity contribution is 0.0890. The second kappa shape index (κ2) is 8.69. The topological polar surface area (TPSA) is 105 Å². The molecule has 3 rings (SSSR count). The fourth-order valence-corrected chi connectivity index (χ4v) is 3.02. The molecule has 0 amide bonds. The summed E-state index contributed by atoms with van der Waals surface area (Å²) < 4.78 is 2.82. The predicted octanol–water partition coefficient (Wildman–Crippen LogP) is 1.54. The number of hydrogen-bond donors (Lipinski definition) is 3.